The minimum atomic E-state index is -0.440. The molecule has 1 aromatic carbocycles. The van der Waals surface area contributed by atoms with Crippen LogP contribution in [0.4, 0.5) is 8.78 Å². The first kappa shape index (κ1) is 21.5. The molecule has 0 radical (unpaired) electrons. The second kappa shape index (κ2) is 11.1. The molecule has 1 aromatic rings. The third-order valence-electron chi connectivity index (χ3n) is 3.89. The average molecular weight is 469 g/mol. The number of halogens is 3. The van der Waals surface area contributed by atoms with E-state index >= 15 is 0 Å². The molecule has 0 bridgehead atoms. The van der Waals surface area contributed by atoms with E-state index in [2.05, 4.69) is 22.5 Å². The summed E-state index contributed by atoms with van der Waals surface area (Å²) < 4.78 is 26.9. The Morgan fingerprint density at radius 2 is 2.08 bits per heavy atom. The Bertz CT molecular complexity index is 543. The molecule has 3 nitrogen and oxygen atoms in total. The van der Waals surface area contributed by atoms with Crippen molar-refractivity contribution >= 4 is 41.7 Å². The predicted molar refractivity (Wildman–Crippen MR) is 109 cm³/mol. The largest absolute Gasteiger partial charge is 0.357 e. The molecule has 1 aliphatic rings. The summed E-state index contributed by atoms with van der Waals surface area (Å²) in [7, 11) is 0. The lowest BCUT2D eigenvalue weighted by atomic mass is 10.2. The molecule has 0 saturated heterocycles. The van der Waals surface area contributed by atoms with E-state index in [1.807, 2.05) is 18.7 Å². The van der Waals surface area contributed by atoms with Gasteiger partial charge in [-0.2, -0.15) is 11.8 Å². The minimum Gasteiger partial charge on any atom is -0.357 e. The van der Waals surface area contributed by atoms with E-state index < -0.39 is 11.6 Å². The van der Waals surface area contributed by atoms with Crippen LogP contribution >= 0.6 is 35.7 Å². The molecule has 2 rings (SSSR count). The lowest BCUT2D eigenvalue weighted by Gasteiger charge is -2.17. The van der Waals surface area contributed by atoms with Crippen molar-refractivity contribution in [3.8, 4) is 0 Å². The van der Waals surface area contributed by atoms with Gasteiger partial charge in [0.2, 0.25) is 0 Å². The van der Waals surface area contributed by atoms with Crippen molar-refractivity contribution in [2.24, 2.45) is 4.99 Å². The van der Waals surface area contributed by atoms with Gasteiger partial charge in [-0.25, -0.2) is 13.8 Å². The van der Waals surface area contributed by atoms with E-state index in [4.69, 9.17) is 0 Å². The molecule has 2 N–H and O–H groups in total. The highest BCUT2D eigenvalue weighted by molar-refractivity contribution is 14.0. The Kier molecular flexibility index (Phi) is 9.95. The quantitative estimate of drug-likeness (QED) is 0.371. The van der Waals surface area contributed by atoms with Crippen LogP contribution in [0.3, 0.4) is 0 Å². The second-order valence-electron chi connectivity index (χ2n) is 5.66. The monoisotopic (exact) mass is 469 g/mol. The van der Waals surface area contributed by atoms with Gasteiger partial charge in [0.25, 0.3) is 0 Å². The molecule has 0 aromatic heterocycles. The summed E-state index contributed by atoms with van der Waals surface area (Å²) in [5.74, 6) is 0.948. The van der Waals surface area contributed by atoms with Crippen LogP contribution in [-0.4, -0.2) is 29.5 Å². The molecule has 2 unspecified atom stereocenters. The van der Waals surface area contributed by atoms with Gasteiger partial charge in [0.1, 0.15) is 11.6 Å². The number of benzene rings is 1. The highest BCUT2D eigenvalue weighted by Crippen LogP contribution is 2.29. The van der Waals surface area contributed by atoms with Gasteiger partial charge in [0.15, 0.2) is 5.96 Å². The van der Waals surface area contributed by atoms with Crippen molar-refractivity contribution in [1.82, 2.24) is 10.6 Å². The Balaban J connectivity index is 0.00000288. The molecule has 0 aliphatic heterocycles. The number of aliphatic imine (C=N–C) groups is 1. The van der Waals surface area contributed by atoms with Crippen molar-refractivity contribution in [2.45, 2.75) is 50.9 Å². The average Bonchev–Trinajstić information content (AvgIpc) is 2.96. The van der Waals surface area contributed by atoms with Crippen LogP contribution in [0, 0.1) is 11.6 Å². The SMILES string of the molecule is CCNC(=NCc1cc(F)ccc1F)NC1CCC(SCC)C1.I. The van der Waals surface area contributed by atoms with Crippen molar-refractivity contribution in [1.29, 1.82) is 0 Å². The summed E-state index contributed by atoms with van der Waals surface area (Å²) in [5.41, 5.74) is 0.271. The molecule has 7 heteroatoms. The Morgan fingerprint density at radius 1 is 1.29 bits per heavy atom. The highest BCUT2D eigenvalue weighted by Gasteiger charge is 2.25. The van der Waals surface area contributed by atoms with Crippen LogP contribution in [0.25, 0.3) is 0 Å². The first-order valence-electron chi connectivity index (χ1n) is 8.22. The van der Waals surface area contributed by atoms with E-state index in [0.29, 0.717) is 17.3 Å². The third-order valence-corrected chi connectivity index (χ3v) is 5.12. The molecule has 136 valence electrons. The summed E-state index contributed by atoms with van der Waals surface area (Å²) >= 11 is 2.01. The number of rotatable bonds is 6. The van der Waals surface area contributed by atoms with Crippen LogP contribution in [0.2, 0.25) is 0 Å². The lowest BCUT2D eigenvalue weighted by Crippen LogP contribution is -2.42. The maximum absolute atomic E-state index is 13.7. The Morgan fingerprint density at radius 3 is 2.79 bits per heavy atom. The molecule has 1 fully saturated rings. The third kappa shape index (κ3) is 6.74. The van der Waals surface area contributed by atoms with Gasteiger partial charge < -0.3 is 10.6 Å². The number of hydrogen-bond donors (Lipinski definition) is 2. The summed E-state index contributed by atoms with van der Waals surface area (Å²) in [6.45, 7) is 5.03. The van der Waals surface area contributed by atoms with Crippen LogP contribution < -0.4 is 10.6 Å². The molecule has 1 aliphatic carbocycles. The summed E-state index contributed by atoms with van der Waals surface area (Å²) in [5, 5.41) is 7.30. The van der Waals surface area contributed by atoms with Crippen LogP contribution in [0.15, 0.2) is 23.2 Å². The first-order valence-corrected chi connectivity index (χ1v) is 9.27. The van der Waals surface area contributed by atoms with Gasteiger partial charge in [-0.15, -0.1) is 24.0 Å². The predicted octanol–water partition coefficient (Wildman–Crippen LogP) is 4.31. The number of thioether (sulfide) groups is 1. The zero-order valence-corrected chi connectivity index (χ0v) is 17.3. The zero-order chi connectivity index (χ0) is 16.7. The van der Waals surface area contributed by atoms with E-state index in [1.165, 1.54) is 12.5 Å². The molecule has 0 amide bonds. The second-order valence-corrected chi connectivity index (χ2v) is 7.24. The van der Waals surface area contributed by atoms with Gasteiger partial charge in [-0.3, -0.25) is 0 Å². The van der Waals surface area contributed by atoms with E-state index in [-0.39, 0.29) is 36.1 Å². The molecular weight excluding hydrogens is 443 g/mol. The minimum absolute atomic E-state index is 0. The molecule has 0 spiro atoms. The zero-order valence-electron chi connectivity index (χ0n) is 14.1. The fraction of sp³-hybridized carbons (Fsp3) is 0.588. The molecule has 24 heavy (non-hydrogen) atoms. The number of nitrogens with one attached hydrogen (secondary N) is 2. The molecular formula is C17H26F2IN3S. The van der Waals surface area contributed by atoms with Gasteiger partial charge in [0.05, 0.1) is 6.54 Å². The molecule has 1 saturated carbocycles. The summed E-state index contributed by atoms with van der Waals surface area (Å²) in [6, 6.07) is 3.86. The van der Waals surface area contributed by atoms with E-state index in [0.717, 1.165) is 37.3 Å². The summed E-state index contributed by atoms with van der Waals surface area (Å²) in [6.07, 6.45) is 3.46. The maximum Gasteiger partial charge on any atom is 0.191 e. The molecule has 0 heterocycles. The fourth-order valence-corrected chi connectivity index (χ4v) is 3.94. The normalized spacial score (nSPS) is 20.6. The number of hydrogen-bond acceptors (Lipinski definition) is 2. The Labute approximate surface area is 164 Å². The van der Waals surface area contributed by atoms with E-state index in [9.17, 15) is 8.78 Å². The van der Waals surface area contributed by atoms with Gasteiger partial charge >= 0.3 is 0 Å². The van der Waals surface area contributed by atoms with E-state index in [1.54, 1.807) is 0 Å². The molecule has 2 atom stereocenters. The van der Waals surface area contributed by atoms with Gasteiger partial charge in [0, 0.05) is 23.4 Å². The fourth-order valence-electron chi connectivity index (χ4n) is 2.80. The van der Waals surface area contributed by atoms with Crippen molar-refractivity contribution < 1.29 is 8.78 Å². The maximum atomic E-state index is 13.7. The Hall–Kier alpha value is -0.570. The van der Waals surface area contributed by atoms with Crippen molar-refractivity contribution in [2.75, 3.05) is 12.3 Å². The first-order chi connectivity index (χ1) is 11.1. The van der Waals surface area contributed by atoms with Gasteiger partial charge in [-0.1, -0.05) is 6.92 Å². The number of guanidine groups is 1. The van der Waals surface area contributed by atoms with Crippen LogP contribution in [-0.2, 0) is 6.54 Å². The number of nitrogens with zero attached hydrogens (tertiary/aromatic N) is 1. The topological polar surface area (TPSA) is 36.4 Å². The van der Waals surface area contributed by atoms with Gasteiger partial charge in [-0.05, 0) is 50.1 Å². The van der Waals surface area contributed by atoms with Crippen molar-refractivity contribution in [3.63, 3.8) is 0 Å². The summed E-state index contributed by atoms with van der Waals surface area (Å²) in [4.78, 5) is 4.40. The van der Waals surface area contributed by atoms with Crippen LogP contribution in [0.1, 0.15) is 38.7 Å². The smallest absolute Gasteiger partial charge is 0.191 e. The van der Waals surface area contributed by atoms with Crippen LogP contribution in [0.5, 0.6) is 0 Å². The standard InChI is InChI=1S/C17H25F2N3S.HI/c1-3-20-17(22-14-6-7-15(10-14)23-4-2)21-11-12-9-13(18)5-8-16(12)19;/h5,8-9,14-15H,3-4,6-7,10-11H2,1-2H3,(H2,20,21,22);1H. The lowest BCUT2D eigenvalue weighted by molar-refractivity contribution is 0.584. The highest BCUT2D eigenvalue weighted by atomic mass is 127. The van der Waals surface area contributed by atoms with Crippen molar-refractivity contribution in [3.05, 3.63) is 35.4 Å².